The van der Waals surface area contributed by atoms with Crippen molar-refractivity contribution < 1.29 is 9.53 Å². The summed E-state index contributed by atoms with van der Waals surface area (Å²) in [5.41, 5.74) is 0. The van der Waals surface area contributed by atoms with Crippen LogP contribution in [-0.4, -0.2) is 12.9 Å². The highest BCUT2D eigenvalue weighted by atomic mass is 16.5. The third-order valence-corrected chi connectivity index (χ3v) is 1.18. The van der Waals surface area contributed by atoms with Crippen molar-refractivity contribution in [3.05, 3.63) is 36.1 Å². The molecule has 1 heterocycles. The molecule has 60 valence electrons. The minimum absolute atomic E-state index is 0.623. The van der Waals surface area contributed by atoms with Crippen molar-refractivity contribution >= 4 is 6.29 Å². The summed E-state index contributed by atoms with van der Waals surface area (Å²) in [4.78, 5) is 9.82. The molecule has 0 saturated carbocycles. The topological polar surface area (TPSA) is 26.3 Å². The van der Waals surface area contributed by atoms with Gasteiger partial charge in [-0.2, -0.15) is 0 Å². The van der Waals surface area contributed by atoms with Gasteiger partial charge in [0.25, 0.3) is 0 Å². The van der Waals surface area contributed by atoms with Crippen LogP contribution in [0, 0.1) is 11.8 Å². The molecule has 0 bridgehead atoms. The second kappa shape index (κ2) is 4.97. The summed E-state index contributed by atoms with van der Waals surface area (Å²) in [6.45, 7) is 0.623. The summed E-state index contributed by atoms with van der Waals surface area (Å²) in [6, 6.07) is 0. The first kappa shape index (κ1) is 8.35. The molecule has 0 aliphatic carbocycles. The summed E-state index contributed by atoms with van der Waals surface area (Å²) < 4.78 is 5.11. The van der Waals surface area contributed by atoms with Gasteiger partial charge < -0.3 is 4.74 Å². The number of carbonyl (C=O) groups is 1. The van der Waals surface area contributed by atoms with Crippen LogP contribution in [0.5, 0.6) is 0 Å². The van der Waals surface area contributed by atoms with Crippen molar-refractivity contribution in [2.45, 2.75) is 0 Å². The average Bonchev–Trinajstić information content (AvgIpc) is 2.57. The molecule has 0 aromatic heterocycles. The van der Waals surface area contributed by atoms with Gasteiger partial charge in [0, 0.05) is 6.08 Å². The zero-order chi connectivity index (χ0) is 8.65. The molecule has 1 rings (SSSR count). The molecule has 12 heavy (non-hydrogen) atoms. The Morgan fingerprint density at radius 1 is 1.50 bits per heavy atom. The summed E-state index contributed by atoms with van der Waals surface area (Å²) in [5, 5.41) is 0. The van der Waals surface area contributed by atoms with Gasteiger partial charge in [0.05, 0.1) is 0 Å². The molecule has 1 aliphatic rings. The number of hydrogen-bond acceptors (Lipinski definition) is 2. The van der Waals surface area contributed by atoms with Gasteiger partial charge >= 0.3 is 0 Å². The van der Waals surface area contributed by atoms with E-state index in [4.69, 9.17) is 4.74 Å². The Labute approximate surface area is 71.2 Å². The van der Waals surface area contributed by atoms with E-state index in [2.05, 4.69) is 11.8 Å². The zero-order valence-corrected chi connectivity index (χ0v) is 6.49. The van der Waals surface area contributed by atoms with Gasteiger partial charge in [-0.1, -0.05) is 11.8 Å². The van der Waals surface area contributed by atoms with E-state index >= 15 is 0 Å². The summed E-state index contributed by atoms with van der Waals surface area (Å²) >= 11 is 0. The summed E-state index contributed by atoms with van der Waals surface area (Å²) in [7, 11) is 0. The molecule has 2 heteroatoms. The fourth-order valence-electron chi connectivity index (χ4n) is 0.695. The van der Waals surface area contributed by atoms with Crippen molar-refractivity contribution in [3.8, 4) is 11.8 Å². The maximum absolute atomic E-state index is 9.82. The minimum Gasteiger partial charge on any atom is -0.489 e. The molecule has 0 N–H and O–H groups in total. The standard InChI is InChI=1S/C10H8O2/c11-8-4-2-1-3-6-10-7-5-9-12-10/h2,4-8H,9H2/b4-2+,10-6+. The third kappa shape index (κ3) is 2.89. The Hall–Kier alpha value is -1.75. The Kier molecular flexibility index (Phi) is 3.46. The first-order valence-corrected chi connectivity index (χ1v) is 3.54. The van der Waals surface area contributed by atoms with Gasteiger partial charge in [-0.05, 0) is 24.3 Å². The van der Waals surface area contributed by atoms with Crippen LogP contribution in [0.15, 0.2) is 36.1 Å². The van der Waals surface area contributed by atoms with Gasteiger partial charge in [0.1, 0.15) is 18.7 Å². The minimum atomic E-state index is 0.623. The van der Waals surface area contributed by atoms with E-state index in [1.807, 2.05) is 12.2 Å². The molecule has 2 nitrogen and oxygen atoms in total. The number of carbonyl (C=O) groups excluding carboxylic acids is 1. The average molecular weight is 160 g/mol. The molecule has 0 atom stereocenters. The molecular formula is C10H8O2. The molecule has 0 fully saturated rings. The molecule has 0 spiro atoms. The van der Waals surface area contributed by atoms with Crippen molar-refractivity contribution in [1.29, 1.82) is 0 Å². The van der Waals surface area contributed by atoms with E-state index in [1.54, 1.807) is 6.08 Å². The second-order valence-corrected chi connectivity index (χ2v) is 2.04. The maximum Gasteiger partial charge on any atom is 0.143 e. The highest BCUT2D eigenvalue weighted by Gasteiger charge is 1.95. The van der Waals surface area contributed by atoms with Crippen LogP contribution in [0.4, 0.5) is 0 Å². The van der Waals surface area contributed by atoms with E-state index in [0.717, 1.165) is 5.76 Å². The number of aldehydes is 1. The van der Waals surface area contributed by atoms with Crippen LogP contribution >= 0.6 is 0 Å². The largest absolute Gasteiger partial charge is 0.489 e. The number of ether oxygens (including phenoxy) is 1. The first-order chi connectivity index (χ1) is 5.93. The van der Waals surface area contributed by atoms with Gasteiger partial charge in [-0.15, -0.1) is 0 Å². The lowest BCUT2D eigenvalue weighted by Crippen LogP contribution is -1.77. The van der Waals surface area contributed by atoms with Crippen LogP contribution < -0.4 is 0 Å². The Morgan fingerprint density at radius 2 is 2.42 bits per heavy atom. The van der Waals surface area contributed by atoms with E-state index in [1.165, 1.54) is 12.2 Å². The van der Waals surface area contributed by atoms with Crippen molar-refractivity contribution in [3.63, 3.8) is 0 Å². The number of rotatable bonds is 1. The van der Waals surface area contributed by atoms with Crippen LogP contribution in [0.3, 0.4) is 0 Å². The van der Waals surface area contributed by atoms with Crippen LogP contribution in [0.1, 0.15) is 0 Å². The first-order valence-electron chi connectivity index (χ1n) is 3.54. The molecule has 0 unspecified atom stereocenters. The highest BCUT2D eigenvalue weighted by Crippen LogP contribution is 2.05. The predicted octanol–water partition coefficient (Wildman–Crippen LogP) is 1.22. The van der Waals surface area contributed by atoms with Crippen molar-refractivity contribution in [2.75, 3.05) is 6.61 Å². The third-order valence-electron chi connectivity index (χ3n) is 1.18. The second-order valence-electron chi connectivity index (χ2n) is 2.04. The highest BCUT2D eigenvalue weighted by molar-refractivity contribution is 5.65. The lowest BCUT2D eigenvalue weighted by Gasteiger charge is -1.91. The monoisotopic (exact) mass is 160 g/mol. The van der Waals surface area contributed by atoms with Gasteiger partial charge in [-0.25, -0.2) is 0 Å². The van der Waals surface area contributed by atoms with E-state index in [9.17, 15) is 4.79 Å². The molecule has 0 radical (unpaired) electrons. The SMILES string of the molecule is O=C/C=C/C#C/C=C1\C=CCO1. The molecule has 0 aromatic rings. The molecule has 0 amide bonds. The van der Waals surface area contributed by atoms with E-state index < -0.39 is 0 Å². The summed E-state index contributed by atoms with van der Waals surface area (Å²) in [6.07, 6.45) is 8.96. The predicted molar refractivity (Wildman–Crippen MR) is 46.2 cm³/mol. The Bertz CT molecular complexity index is 298. The fourth-order valence-corrected chi connectivity index (χ4v) is 0.695. The molecular weight excluding hydrogens is 152 g/mol. The van der Waals surface area contributed by atoms with Crippen LogP contribution in [0.25, 0.3) is 0 Å². The quantitative estimate of drug-likeness (QED) is 0.327. The Balaban J connectivity index is 2.44. The normalized spacial score (nSPS) is 17.5. The molecule has 0 saturated heterocycles. The fraction of sp³-hybridized carbons (Fsp3) is 0.100. The van der Waals surface area contributed by atoms with Crippen molar-refractivity contribution in [2.24, 2.45) is 0 Å². The van der Waals surface area contributed by atoms with Crippen LogP contribution in [-0.2, 0) is 9.53 Å². The van der Waals surface area contributed by atoms with Crippen molar-refractivity contribution in [1.82, 2.24) is 0 Å². The van der Waals surface area contributed by atoms with E-state index in [-0.39, 0.29) is 0 Å². The molecule has 0 aromatic carbocycles. The van der Waals surface area contributed by atoms with Gasteiger partial charge in [0.2, 0.25) is 0 Å². The lowest BCUT2D eigenvalue weighted by atomic mass is 10.4. The van der Waals surface area contributed by atoms with Gasteiger partial charge in [0.15, 0.2) is 0 Å². The maximum atomic E-state index is 9.82. The number of allylic oxidation sites excluding steroid dienone is 4. The number of hydrogen-bond donors (Lipinski definition) is 0. The molecule has 1 aliphatic heterocycles. The van der Waals surface area contributed by atoms with Crippen LogP contribution in [0.2, 0.25) is 0 Å². The lowest BCUT2D eigenvalue weighted by molar-refractivity contribution is -0.104. The smallest absolute Gasteiger partial charge is 0.143 e. The van der Waals surface area contributed by atoms with E-state index in [0.29, 0.717) is 12.9 Å². The Morgan fingerprint density at radius 3 is 3.08 bits per heavy atom. The van der Waals surface area contributed by atoms with Gasteiger partial charge in [-0.3, -0.25) is 4.79 Å². The zero-order valence-electron chi connectivity index (χ0n) is 6.49. The summed E-state index contributed by atoms with van der Waals surface area (Å²) in [5.74, 6) is 6.16.